The quantitative estimate of drug-likeness (QED) is 0.821. The third-order valence-electron chi connectivity index (χ3n) is 2.68. The minimum atomic E-state index is -0.529. The van der Waals surface area contributed by atoms with Crippen molar-refractivity contribution in [3.63, 3.8) is 0 Å². The Morgan fingerprint density at radius 2 is 2.11 bits per heavy atom. The topological polar surface area (TPSA) is 64.3 Å². The molecule has 3 N–H and O–H groups in total. The number of hydrogen-bond donors (Lipinski definition) is 2. The van der Waals surface area contributed by atoms with Crippen molar-refractivity contribution in [2.75, 3.05) is 12.4 Å². The lowest BCUT2D eigenvalue weighted by Gasteiger charge is -2.19. The van der Waals surface area contributed by atoms with E-state index in [-0.39, 0.29) is 16.8 Å². The summed E-state index contributed by atoms with van der Waals surface area (Å²) < 4.78 is 5.16. The third-order valence-corrected chi connectivity index (χ3v) is 3.16. The minimum absolute atomic E-state index is 0.0164. The molecule has 104 valence electrons. The van der Waals surface area contributed by atoms with Crippen molar-refractivity contribution in [3.05, 3.63) is 23.2 Å². The molecule has 0 spiro atoms. The molecule has 6 heteroatoms. The van der Waals surface area contributed by atoms with Gasteiger partial charge in [-0.25, -0.2) is 0 Å². The van der Waals surface area contributed by atoms with E-state index in [4.69, 9.17) is 34.3 Å². The summed E-state index contributed by atoms with van der Waals surface area (Å²) in [6.07, 6.45) is 0. The van der Waals surface area contributed by atoms with Crippen LogP contribution in [0.15, 0.2) is 18.2 Å². The third kappa shape index (κ3) is 4.08. The van der Waals surface area contributed by atoms with E-state index in [1.165, 1.54) is 7.11 Å². The summed E-state index contributed by atoms with van der Waals surface area (Å²) in [7, 11) is 1.52. The summed E-state index contributed by atoms with van der Waals surface area (Å²) in [5, 5.41) is 3.26. The summed E-state index contributed by atoms with van der Waals surface area (Å²) in [4.78, 5) is 12.4. The molecular weight excluding hydrogens is 284 g/mol. The number of methoxy groups -OCH3 is 1. The van der Waals surface area contributed by atoms with E-state index < -0.39 is 5.92 Å². The molecule has 1 aromatic rings. The first kappa shape index (κ1) is 15.7. The lowest BCUT2D eigenvalue weighted by molar-refractivity contribution is -0.118. The molecule has 0 radical (unpaired) electrons. The van der Waals surface area contributed by atoms with Crippen LogP contribution in [-0.4, -0.2) is 18.0 Å². The van der Waals surface area contributed by atoms with Crippen molar-refractivity contribution < 1.29 is 9.53 Å². The van der Waals surface area contributed by atoms with E-state index in [0.29, 0.717) is 16.5 Å². The molecule has 0 aromatic heterocycles. The van der Waals surface area contributed by atoms with Crippen molar-refractivity contribution >= 4 is 40.4 Å². The molecule has 0 aliphatic heterocycles. The highest BCUT2D eigenvalue weighted by Crippen LogP contribution is 2.28. The number of nitrogens with one attached hydrogen (secondary N) is 1. The first-order valence-electron chi connectivity index (χ1n) is 5.80. The van der Waals surface area contributed by atoms with Gasteiger partial charge in [0.05, 0.1) is 23.7 Å². The zero-order valence-corrected chi connectivity index (χ0v) is 12.6. The number of carbonyl (C=O) groups excluding carboxylic acids is 1. The maximum Gasteiger partial charge on any atom is 0.234 e. The maximum atomic E-state index is 12.2. The number of halogens is 1. The standard InChI is InChI=1S/C13H17ClN2O2S/c1-7(2)11(12(15)19)13(17)16-9-6-8(14)4-5-10(9)18-3/h4-7,11H,1-3H3,(H2,15,19)(H,16,17). The van der Waals surface area contributed by atoms with E-state index in [2.05, 4.69) is 5.32 Å². The predicted octanol–water partition coefficient (Wildman–Crippen LogP) is 2.85. The number of benzene rings is 1. The van der Waals surface area contributed by atoms with Crippen LogP contribution in [0.1, 0.15) is 13.8 Å². The Kier molecular flexibility index (Phi) is 5.57. The number of thiocarbonyl (C=S) groups is 1. The molecule has 4 nitrogen and oxygen atoms in total. The minimum Gasteiger partial charge on any atom is -0.495 e. The van der Waals surface area contributed by atoms with Crippen molar-refractivity contribution in [1.29, 1.82) is 0 Å². The van der Waals surface area contributed by atoms with Crippen LogP contribution >= 0.6 is 23.8 Å². The Hall–Kier alpha value is -1.33. The fraction of sp³-hybridized carbons (Fsp3) is 0.385. The highest BCUT2D eigenvalue weighted by Gasteiger charge is 2.25. The van der Waals surface area contributed by atoms with E-state index in [1.807, 2.05) is 13.8 Å². The van der Waals surface area contributed by atoms with Gasteiger partial charge >= 0.3 is 0 Å². The number of ether oxygens (including phenoxy) is 1. The Balaban J connectivity index is 2.98. The van der Waals surface area contributed by atoms with Gasteiger partial charge in [-0.15, -0.1) is 0 Å². The van der Waals surface area contributed by atoms with Gasteiger partial charge in [0.15, 0.2) is 0 Å². The monoisotopic (exact) mass is 300 g/mol. The number of carbonyl (C=O) groups is 1. The number of anilines is 1. The van der Waals surface area contributed by atoms with Gasteiger partial charge in [0.1, 0.15) is 5.75 Å². The molecule has 0 saturated heterocycles. The smallest absolute Gasteiger partial charge is 0.234 e. The molecule has 1 amide bonds. The summed E-state index contributed by atoms with van der Waals surface area (Å²) in [6.45, 7) is 3.78. The molecule has 0 bridgehead atoms. The summed E-state index contributed by atoms with van der Waals surface area (Å²) in [6, 6.07) is 4.99. The van der Waals surface area contributed by atoms with Gasteiger partial charge in [-0.05, 0) is 24.1 Å². The van der Waals surface area contributed by atoms with Crippen molar-refractivity contribution in [2.24, 2.45) is 17.6 Å². The van der Waals surface area contributed by atoms with Crippen LogP contribution in [0.4, 0.5) is 5.69 Å². The van der Waals surface area contributed by atoms with Crippen molar-refractivity contribution in [1.82, 2.24) is 0 Å². The SMILES string of the molecule is COc1ccc(Cl)cc1NC(=O)C(C(N)=S)C(C)C. The number of hydrogen-bond acceptors (Lipinski definition) is 3. The summed E-state index contributed by atoms with van der Waals surface area (Å²) in [5.74, 6) is -0.243. The molecule has 0 heterocycles. The van der Waals surface area contributed by atoms with Crippen LogP contribution in [0.2, 0.25) is 5.02 Å². The molecule has 0 saturated carbocycles. The molecule has 1 unspecified atom stereocenters. The molecule has 1 aromatic carbocycles. The first-order valence-corrected chi connectivity index (χ1v) is 6.59. The molecule has 1 rings (SSSR count). The molecule has 0 aliphatic carbocycles. The van der Waals surface area contributed by atoms with E-state index in [0.717, 1.165) is 0 Å². The van der Waals surface area contributed by atoms with Crippen LogP contribution in [0.5, 0.6) is 5.75 Å². The average molecular weight is 301 g/mol. The summed E-state index contributed by atoms with van der Waals surface area (Å²) in [5.41, 5.74) is 6.11. The van der Waals surface area contributed by atoms with Crippen molar-refractivity contribution in [3.8, 4) is 5.75 Å². The Labute approximate surface area is 123 Å². The zero-order valence-electron chi connectivity index (χ0n) is 11.1. The molecular formula is C13H17ClN2O2S. The summed E-state index contributed by atoms with van der Waals surface area (Å²) >= 11 is 10.8. The normalized spacial score (nSPS) is 12.1. The van der Waals surface area contributed by atoms with E-state index in [9.17, 15) is 4.79 Å². The zero-order chi connectivity index (χ0) is 14.6. The maximum absolute atomic E-state index is 12.2. The second-order valence-corrected chi connectivity index (χ2v) is 5.37. The van der Waals surface area contributed by atoms with Gasteiger partial charge in [-0.2, -0.15) is 0 Å². The predicted molar refractivity (Wildman–Crippen MR) is 81.7 cm³/mol. The molecule has 0 fully saturated rings. The van der Waals surface area contributed by atoms with Gasteiger partial charge < -0.3 is 15.8 Å². The first-order chi connectivity index (χ1) is 8.86. The number of rotatable bonds is 5. The van der Waals surface area contributed by atoms with Gasteiger partial charge in [0, 0.05) is 5.02 Å². The van der Waals surface area contributed by atoms with Crippen LogP contribution in [0.3, 0.4) is 0 Å². The van der Waals surface area contributed by atoms with Crippen molar-refractivity contribution in [2.45, 2.75) is 13.8 Å². The average Bonchev–Trinajstić information content (AvgIpc) is 2.27. The number of nitrogens with two attached hydrogens (primary N) is 1. The molecule has 1 atom stereocenters. The molecule has 19 heavy (non-hydrogen) atoms. The Morgan fingerprint density at radius 3 is 2.58 bits per heavy atom. The fourth-order valence-electron chi connectivity index (χ4n) is 1.75. The highest BCUT2D eigenvalue weighted by molar-refractivity contribution is 7.80. The van der Waals surface area contributed by atoms with Gasteiger partial charge in [0.25, 0.3) is 0 Å². The Bertz CT molecular complexity index is 492. The second-order valence-electron chi connectivity index (χ2n) is 4.46. The number of amides is 1. The van der Waals surface area contributed by atoms with Crippen LogP contribution in [0.25, 0.3) is 0 Å². The van der Waals surface area contributed by atoms with E-state index in [1.54, 1.807) is 18.2 Å². The lowest BCUT2D eigenvalue weighted by atomic mass is 9.95. The fourth-order valence-corrected chi connectivity index (χ4v) is 2.30. The van der Waals surface area contributed by atoms with E-state index >= 15 is 0 Å². The van der Waals surface area contributed by atoms with Gasteiger partial charge in [-0.1, -0.05) is 37.7 Å². The largest absolute Gasteiger partial charge is 0.495 e. The lowest BCUT2D eigenvalue weighted by Crippen LogP contribution is -2.36. The van der Waals surface area contributed by atoms with Gasteiger partial charge in [-0.3, -0.25) is 4.79 Å². The van der Waals surface area contributed by atoms with Crippen LogP contribution in [0, 0.1) is 11.8 Å². The molecule has 0 aliphatic rings. The second kappa shape index (κ2) is 6.73. The van der Waals surface area contributed by atoms with Gasteiger partial charge in [0.2, 0.25) is 5.91 Å². The highest BCUT2D eigenvalue weighted by atomic mass is 35.5. The Morgan fingerprint density at radius 1 is 1.47 bits per heavy atom. The van der Waals surface area contributed by atoms with Crippen LogP contribution < -0.4 is 15.8 Å². The van der Waals surface area contributed by atoms with Crippen LogP contribution in [-0.2, 0) is 4.79 Å².